The Hall–Kier alpha value is -0.820. The summed E-state index contributed by atoms with van der Waals surface area (Å²) >= 11 is 0. The van der Waals surface area contributed by atoms with Crippen LogP contribution in [0.25, 0.3) is 0 Å². The molecule has 1 nitrogen and oxygen atoms in total. The third-order valence-electron chi connectivity index (χ3n) is 5.26. The standard InChI is InChI=1S/C19H31N/c1-4-14-20-15-19(17(5-2)6-3)13-9-11-16-10-7-8-12-18(16)19/h7-8,10,12,17,20H,4-6,9,11,13-15H2,1-3H3. The molecule has 1 aliphatic carbocycles. The number of hydrogen-bond acceptors (Lipinski definition) is 1. The second-order valence-corrected chi connectivity index (χ2v) is 6.36. The first-order chi connectivity index (χ1) is 9.78. The summed E-state index contributed by atoms with van der Waals surface area (Å²) < 4.78 is 0. The van der Waals surface area contributed by atoms with Crippen molar-refractivity contribution >= 4 is 0 Å². The molecule has 0 radical (unpaired) electrons. The van der Waals surface area contributed by atoms with Crippen LogP contribution in [0.15, 0.2) is 24.3 Å². The third-order valence-corrected chi connectivity index (χ3v) is 5.26. The Kier molecular flexibility index (Phi) is 5.65. The van der Waals surface area contributed by atoms with Crippen molar-refractivity contribution in [2.24, 2.45) is 5.92 Å². The second kappa shape index (κ2) is 7.26. The van der Waals surface area contributed by atoms with Gasteiger partial charge < -0.3 is 5.32 Å². The molecule has 1 unspecified atom stereocenters. The van der Waals surface area contributed by atoms with Crippen molar-refractivity contribution in [1.82, 2.24) is 5.32 Å². The Morgan fingerprint density at radius 2 is 1.90 bits per heavy atom. The third kappa shape index (κ3) is 2.93. The number of rotatable bonds is 7. The molecule has 0 spiro atoms. The van der Waals surface area contributed by atoms with E-state index in [0.29, 0.717) is 5.41 Å². The van der Waals surface area contributed by atoms with Crippen LogP contribution >= 0.6 is 0 Å². The van der Waals surface area contributed by atoms with E-state index >= 15 is 0 Å². The van der Waals surface area contributed by atoms with Gasteiger partial charge in [0.25, 0.3) is 0 Å². The fourth-order valence-electron chi connectivity index (χ4n) is 4.26. The van der Waals surface area contributed by atoms with Crippen LogP contribution in [0.4, 0.5) is 0 Å². The fourth-order valence-corrected chi connectivity index (χ4v) is 4.26. The van der Waals surface area contributed by atoms with Crippen molar-refractivity contribution in [3.05, 3.63) is 35.4 Å². The highest BCUT2D eigenvalue weighted by Crippen LogP contribution is 2.45. The molecule has 20 heavy (non-hydrogen) atoms. The molecule has 0 fully saturated rings. The monoisotopic (exact) mass is 273 g/mol. The maximum Gasteiger partial charge on any atom is 0.0109 e. The van der Waals surface area contributed by atoms with Gasteiger partial charge in [-0.05, 0) is 49.3 Å². The Morgan fingerprint density at radius 1 is 1.15 bits per heavy atom. The first-order valence-corrected chi connectivity index (χ1v) is 8.57. The van der Waals surface area contributed by atoms with Crippen molar-refractivity contribution in [2.45, 2.75) is 64.7 Å². The summed E-state index contributed by atoms with van der Waals surface area (Å²) in [5.74, 6) is 0.799. The quantitative estimate of drug-likeness (QED) is 0.710. The Morgan fingerprint density at radius 3 is 2.60 bits per heavy atom. The zero-order chi connectivity index (χ0) is 14.4. The van der Waals surface area contributed by atoms with Crippen LogP contribution in [-0.4, -0.2) is 13.1 Å². The van der Waals surface area contributed by atoms with Crippen LogP contribution in [0, 0.1) is 5.92 Å². The Labute approximate surface area is 125 Å². The summed E-state index contributed by atoms with van der Waals surface area (Å²) in [5.41, 5.74) is 3.61. The van der Waals surface area contributed by atoms with E-state index in [-0.39, 0.29) is 0 Å². The van der Waals surface area contributed by atoms with E-state index in [4.69, 9.17) is 0 Å². The van der Waals surface area contributed by atoms with E-state index in [2.05, 4.69) is 50.4 Å². The summed E-state index contributed by atoms with van der Waals surface area (Å²) in [6.07, 6.45) is 7.78. The zero-order valence-corrected chi connectivity index (χ0v) is 13.5. The van der Waals surface area contributed by atoms with Gasteiger partial charge in [0.15, 0.2) is 0 Å². The van der Waals surface area contributed by atoms with E-state index in [0.717, 1.165) is 19.0 Å². The highest BCUT2D eigenvalue weighted by Gasteiger charge is 2.41. The number of aryl methyl sites for hydroxylation is 1. The number of fused-ring (bicyclic) bond motifs is 1. The molecule has 0 aliphatic heterocycles. The minimum absolute atomic E-state index is 0.369. The average molecular weight is 273 g/mol. The lowest BCUT2D eigenvalue weighted by atomic mass is 9.61. The lowest BCUT2D eigenvalue weighted by Crippen LogP contribution is -2.46. The molecular weight excluding hydrogens is 242 g/mol. The Bertz CT molecular complexity index is 408. The van der Waals surface area contributed by atoms with Crippen LogP contribution in [0.1, 0.15) is 64.0 Å². The van der Waals surface area contributed by atoms with E-state index in [1.165, 1.54) is 38.5 Å². The van der Waals surface area contributed by atoms with Crippen molar-refractivity contribution in [3.8, 4) is 0 Å². The first kappa shape index (κ1) is 15.6. The molecule has 0 saturated heterocycles. The topological polar surface area (TPSA) is 12.0 Å². The minimum atomic E-state index is 0.369. The highest BCUT2D eigenvalue weighted by atomic mass is 14.9. The number of nitrogens with one attached hydrogen (secondary N) is 1. The second-order valence-electron chi connectivity index (χ2n) is 6.36. The number of benzene rings is 1. The predicted molar refractivity (Wildman–Crippen MR) is 88.3 cm³/mol. The molecule has 1 atom stereocenters. The van der Waals surface area contributed by atoms with E-state index < -0.39 is 0 Å². The van der Waals surface area contributed by atoms with Crippen LogP contribution < -0.4 is 5.32 Å². The van der Waals surface area contributed by atoms with Gasteiger partial charge in [0.2, 0.25) is 0 Å². The number of hydrogen-bond donors (Lipinski definition) is 1. The average Bonchev–Trinajstić information content (AvgIpc) is 2.49. The molecule has 0 saturated carbocycles. The van der Waals surface area contributed by atoms with Gasteiger partial charge in [0.05, 0.1) is 0 Å². The summed E-state index contributed by atoms with van der Waals surface area (Å²) in [6.45, 7) is 9.29. The van der Waals surface area contributed by atoms with Gasteiger partial charge in [0, 0.05) is 12.0 Å². The molecule has 112 valence electrons. The van der Waals surface area contributed by atoms with E-state index in [9.17, 15) is 0 Å². The SMILES string of the molecule is CCCNCC1(C(CC)CC)CCCc2ccccc21. The van der Waals surface area contributed by atoms with Crippen LogP contribution in [-0.2, 0) is 11.8 Å². The van der Waals surface area contributed by atoms with Crippen LogP contribution in [0.3, 0.4) is 0 Å². The maximum absolute atomic E-state index is 3.74. The smallest absolute Gasteiger partial charge is 0.0109 e. The lowest BCUT2D eigenvalue weighted by Gasteiger charge is -2.45. The molecule has 1 heteroatoms. The predicted octanol–water partition coefficient (Wildman–Crippen LogP) is 4.70. The molecule has 1 aliphatic rings. The molecule has 0 heterocycles. The molecule has 2 rings (SSSR count). The van der Waals surface area contributed by atoms with Gasteiger partial charge in [-0.2, -0.15) is 0 Å². The van der Waals surface area contributed by atoms with E-state index in [1.807, 2.05) is 0 Å². The molecule has 0 bridgehead atoms. The van der Waals surface area contributed by atoms with Crippen LogP contribution in [0.2, 0.25) is 0 Å². The molecule has 1 aromatic carbocycles. The maximum atomic E-state index is 3.74. The van der Waals surface area contributed by atoms with Gasteiger partial charge in [-0.15, -0.1) is 0 Å². The first-order valence-electron chi connectivity index (χ1n) is 8.57. The minimum Gasteiger partial charge on any atom is -0.316 e. The zero-order valence-electron chi connectivity index (χ0n) is 13.5. The summed E-state index contributed by atoms with van der Waals surface area (Å²) in [4.78, 5) is 0. The van der Waals surface area contributed by atoms with Gasteiger partial charge >= 0.3 is 0 Å². The molecule has 0 amide bonds. The normalized spacial score (nSPS) is 22.0. The van der Waals surface area contributed by atoms with E-state index in [1.54, 1.807) is 11.1 Å². The largest absolute Gasteiger partial charge is 0.316 e. The van der Waals surface area contributed by atoms with Crippen LogP contribution in [0.5, 0.6) is 0 Å². The molecular formula is C19H31N. The molecule has 1 aromatic rings. The van der Waals surface area contributed by atoms with Crippen molar-refractivity contribution in [3.63, 3.8) is 0 Å². The van der Waals surface area contributed by atoms with Gasteiger partial charge in [-0.3, -0.25) is 0 Å². The van der Waals surface area contributed by atoms with Gasteiger partial charge in [-0.1, -0.05) is 57.9 Å². The highest BCUT2D eigenvalue weighted by molar-refractivity contribution is 5.38. The molecule has 0 aromatic heterocycles. The summed E-state index contributed by atoms with van der Waals surface area (Å²) in [7, 11) is 0. The molecule has 1 N–H and O–H groups in total. The fraction of sp³-hybridized carbons (Fsp3) is 0.684. The Balaban J connectivity index is 2.36. The van der Waals surface area contributed by atoms with Crippen molar-refractivity contribution in [2.75, 3.05) is 13.1 Å². The van der Waals surface area contributed by atoms with Gasteiger partial charge in [0.1, 0.15) is 0 Å². The van der Waals surface area contributed by atoms with Gasteiger partial charge in [-0.25, -0.2) is 0 Å². The van der Waals surface area contributed by atoms with Crippen molar-refractivity contribution < 1.29 is 0 Å². The summed E-state index contributed by atoms with van der Waals surface area (Å²) in [6, 6.07) is 9.20. The van der Waals surface area contributed by atoms with Crippen molar-refractivity contribution in [1.29, 1.82) is 0 Å². The lowest BCUT2D eigenvalue weighted by molar-refractivity contribution is 0.208. The summed E-state index contributed by atoms with van der Waals surface area (Å²) in [5, 5.41) is 3.74.